The van der Waals surface area contributed by atoms with Gasteiger partial charge in [0.05, 0.1) is 5.52 Å². The molecule has 0 saturated carbocycles. The van der Waals surface area contributed by atoms with Gasteiger partial charge in [0.1, 0.15) is 5.69 Å². The maximum Gasteiger partial charge on any atom is 0.352 e. The van der Waals surface area contributed by atoms with E-state index in [0.717, 1.165) is 5.56 Å². The first-order chi connectivity index (χ1) is 8.95. The molecule has 0 saturated heterocycles. The molecule has 0 radical (unpaired) electrons. The topological polar surface area (TPSA) is 59.3 Å². The number of carbonyl (C=O) groups is 1. The number of aromatic nitrogens is 1. The molecule has 2 aromatic rings. The van der Waals surface area contributed by atoms with Crippen LogP contribution in [-0.2, 0) is 6.54 Å². The standard InChI is InChI=1S/C15H17NO3/c1-4-16-12-7-10(9(2)3)5-6-11(12)14(17)8-13(16)15(18)19/h5-9H,4H2,1-3H3,(H,18,19). The molecule has 1 aromatic carbocycles. The van der Waals surface area contributed by atoms with E-state index in [9.17, 15) is 14.7 Å². The maximum absolute atomic E-state index is 12.0. The number of nitrogens with zero attached hydrogens (tertiary/aromatic N) is 1. The molecule has 2 rings (SSSR count). The van der Waals surface area contributed by atoms with Crippen LogP contribution in [0.1, 0.15) is 42.7 Å². The largest absolute Gasteiger partial charge is 0.477 e. The first-order valence-corrected chi connectivity index (χ1v) is 6.36. The molecule has 0 atom stereocenters. The van der Waals surface area contributed by atoms with Gasteiger partial charge in [-0.25, -0.2) is 4.79 Å². The van der Waals surface area contributed by atoms with Crippen molar-refractivity contribution >= 4 is 16.9 Å². The van der Waals surface area contributed by atoms with Crippen LogP contribution < -0.4 is 5.43 Å². The Bertz CT molecular complexity index is 698. The van der Waals surface area contributed by atoms with Crippen molar-refractivity contribution < 1.29 is 9.90 Å². The molecule has 0 aliphatic rings. The van der Waals surface area contributed by atoms with E-state index >= 15 is 0 Å². The van der Waals surface area contributed by atoms with Crippen LogP contribution in [0.25, 0.3) is 10.9 Å². The number of fused-ring (bicyclic) bond motifs is 1. The lowest BCUT2D eigenvalue weighted by molar-refractivity contribution is 0.0685. The number of aromatic carboxylic acids is 1. The lowest BCUT2D eigenvalue weighted by Gasteiger charge is -2.14. The van der Waals surface area contributed by atoms with E-state index in [4.69, 9.17) is 0 Å². The van der Waals surface area contributed by atoms with Crippen LogP contribution in [0, 0.1) is 0 Å². The molecule has 0 aliphatic heterocycles. The number of aryl methyl sites for hydroxylation is 1. The molecule has 0 bridgehead atoms. The summed E-state index contributed by atoms with van der Waals surface area (Å²) in [6.07, 6.45) is 0. The Labute approximate surface area is 111 Å². The van der Waals surface area contributed by atoms with E-state index in [1.54, 1.807) is 10.6 Å². The highest BCUT2D eigenvalue weighted by atomic mass is 16.4. The molecular formula is C15H17NO3. The van der Waals surface area contributed by atoms with Crippen LogP contribution in [0.15, 0.2) is 29.1 Å². The van der Waals surface area contributed by atoms with Crippen molar-refractivity contribution in [2.24, 2.45) is 0 Å². The first-order valence-electron chi connectivity index (χ1n) is 6.36. The minimum Gasteiger partial charge on any atom is -0.477 e. The van der Waals surface area contributed by atoms with Gasteiger partial charge in [0.15, 0.2) is 5.43 Å². The Morgan fingerprint density at radius 2 is 2.00 bits per heavy atom. The second kappa shape index (κ2) is 4.88. The van der Waals surface area contributed by atoms with E-state index in [2.05, 4.69) is 13.8 Å². The van der Waals surface area contributed by atoms with Crippen molar-refractivity contribution in [2.75, 3.05) is 0 Å². The normalized spacial score (nSPS) is 11.2. The van der Waals surface area contributed by atoms with Crippen LogP contribution in [0.2, 0.25) is 0 Å². The lowest BCUT2D eigenvalue weighted by Crippen LogP contribution is -2.17. The minimum atomic E-state index is -1.07. The van der Waals surface area contributed by atoms with Gasteiger partial charge < -0.3 is 9.67 Å². The van der Waals surface area contributed by atoms with Crippen LogP contribution in [0.4, 0.5) is 0 Å². The predicted molar refractivity (Wildman–Crippen MR) is 74.9 cm³/mol. The Morgan fingerprint density at radius 1 is 1.32 bits per heavy atom. The van der Waals surface area contributed by atoms with Crippen molar-refractivity contribution in [3.05, 3.63) is 45.7 Å². The average molecular weight is 259 g/mol. The van der Waals surface area contributed by atoms with Gasteiger partial charge >= 0.3 is 5.97 Å². The zero-order chi connectivity index (χ0) is 14.2. The zero-order valence-corrected chi connectivity index (χ0v) is 11.3. The average Bonchev–Trinajstić information content (AvgIpc) is 2.37. The molecule has 0 spiro atoms. The van der Waals surface area contributed by atoms with E-state index in [0.29, 0.717) is 23.4 Å². The van der Waals surface area contributed by atoms with Gasteiger partial charge in [0.25, 0.3) is 0 Å². The summed E-state index contributed by atoms with van der Waals surface area (Å²) >= 11 is 0. The fraction of sp³-hybridized carbons (Fsp3) is 0.333. The predicted octanol–water partition coefficient (Wildman–Crippen LogP) is 2.84. The summed E-state index contributed by atoms with van der Waals surface area (Å²) in [7, 11) is 0. The van der Waals surface area contributed by atoms with E-state index in [1.165, 1.54) is 6.07 Å². The van der Waals surface area contributed by atoms with Crippen LogP contribution >= 0.6 is 0 Å². The Kier molecular flexibility index (Phi) is 3.42. The summed E-state index contributed by atoms with van der Waals surface area (Å²) in [5.74, 6) is -0.742. The summed E-state index contributed by atoms with van der Waals surface area (Å²) in [6, 6.07) is 6.82. The van der Waals surface area contributed by atoms with Crippen molar-refractivity contribution in [3.63, 3.8) is 0 Å². The minimum absolute atomic E-state index is 0.0425. The van der Waals surface area contributed by atoms with E-state index in [-0.39, 0.29) is 11.1 Å². The zero-order valence-electron chi connectivity index (χ0n) is 11.3. The third kappa shape index (κ3) is 2.26. The maximum atomic E-state index is 12.0. The van der Waals surface area contributed by atoms with Gasteiger partial charge in [-0.05, 0) is 30.5 Å². The van der Waals surface area contributed by atoms with Crippen LogP contribution in [0.3, 0.4) is 0 Å². The quantitative estimate of drug-likeness (QED) is 0.922. The molecule has 1 N–H and O–H groups in total. The van der Waals surface area contributed by atoms with Crippen molar-refractivity contribution in [3.8, 4) is 0 Å². The molecule has 1 heterocycles. The van der Waals surface area contributed by atoms with Gasteiger partial charge in [0, 0.05) is 18.0 Å². The van der Waals surface area contributed by atoms with Crippen LogP contribution in [0.5, 0.6) is 0 Å². The molecule has 0 unspecified atom stereocenters. The molecule has 100 valence electrons. The molecule has 19 heavy (non-hydrogen) atoms. The van der Waals surface area contributed by atoms with Crippen molar-refractivity contribution in [2.45, 2.75) is 33.2 Å². The van der Waals surface area contributed by atoms with Gasteiger partial charge in [-0.15, -0.1) is 0 Å². The van der Waals surface area contributed by atoms with Gasteiger partial charge in [-0.2, -0.15) is 0 Å². The number of hydrogen-bond acceptors (Lipinski definition) is 2. The summed E-state index contributed by atoms with van der Waals surface area (Å²) < 4.78 is 1.67. The monoisotopic (exact) mass is 259 g/mol. The molecule has 0 fully saturated rings. The second-order valence-corrected chi connectivity index (χ2v) is 4.87. The first kappa shape index (κ1) is 13.3. The summed E-state index contributed by atoms with van der Waals surface area (Å²) in [4.78, 5) is 23.2. The lowest BCUT2D eigenvalue weighted by atomic mass is 10.0. The van der Waals surface area contributed by atoms with Crippen LogP contribution in [-0.4, -0.2) is 15.6 Å². The summed E-state index contributed by atoms with van der Waals surface area (Å²) in [5, 5.41) is 9.77. The van der Waals surface area contributed by atoms with Gasteiger partial charge in [0.2, 0.25) is 0 Å². The fourth-order valence-corrected chi connectivity index (χ4v) is 2.27. The highest BCUT2D eigenvalue weighted by Crippen LogP contribution is 2.20. The number of carboxylic acids is 1. The molecule has 0 amide bonds. The highest BCUT2D eigenvalue weighted by molar-refractivity contribution is 5.90. The number of carboxylic acid groups (broad SMARTS) is 1. The number of rotatable bonds is 3. The number of pyridine rings is 1. The Morgan fingerprint density at radius 3 is 2.53 bits per heavy atom. The summed E-state index contributed by atoms with van der Waals surface area (Å²) in [5.41, 5.74) is 1.59. The van der Waals surface area contributed by atoms with E-state index < -0.39 is 5.97 Å². The Hall–Kier alpha value is -2.10. The molecule has 0 aliphatic carbocycles. The molecular weight excluding hydrogens is 242 g/mol. The van der Waals surface area contributed by atoms with Gasteiger partial charge in [-0.1, -0.05) is 19.9 Å². The number of benzene rings is 1. The third-order valence-electron chi connectivity index (χ3n) is 3.34. The summed E-state index contributed by atoms with van der Waals surface area (Å²) in [6.45, 7) is 6.52. The highest BCUT2D eigenvalue weighted by Gasteiger charge is 2.14. The fourth-order valence-electron chi connectivity index (χ4n) is 2.27. The van der Waals surface area contributed by atoms with Crippen molar-refractivity contribution in [1.29, 1.82) is 0 Å². The Balaban J connectivity index is 2.90. The van der Waals surface area contributed by atoms with E-state index in [1.807, 2.05) is 19.1 Å². The molecule has 4 heteroatoms. The molecule has 4 nitrogen and oxygen atoms in total. The second-order valence-electron chi connectivity index (χ2n) is 4.87. The smallest absolute Gasteiger partial charge is 0.352 e. The van der Waals surface area contributed by atoms with Gasteiger partial charge in [-0.3, -0.25) is 4.79 Å². The SMILES string of the molecule is CCn1c(C(=O)O)cc(=O)c2ccc(C(C)C)cc21. The molecule has 1 aromatic heterocycles. The number of hydrogen-bond donors (Lipinski definition) is 1. The van der Waals surface area contributed by atoms with Crippen molar-refractivity contribution in [1.82, 2.24) is 4.57 Å². The third-order valence-corrected chi connectivity index (χ3v) is 3.34.